The molecule has 0 radical (unpaired) electrons. The minimum absolute atomic E-state index is 0.301. The lowest BCUT2D eigenvalue weighted by Crippen LogP contribution is -2.42. The summed E-state index contributed by atoms with van der Waals surface area (Å²) < 4.78 is 4.87. The van der Waals surface area contributed by atoms with E-state index in [1.807, 2.05) is 66.9 Å². The van der Waals surface area contributed by atoms with Crippen molar-refractivity contribution in [1.29, 1.82) is 0 Å². The van der Waals surface area contributed by atoms with Crippen molar-refractivity contribution in [3.63, 3.8) is 0 Å². The molecule has 7 heteroatoms. The molecule has 0 aliphatic carbocycles. The van der Waals surface area contributed by atoms with Gasteiger partial charge in [0.15, 0.2) is 0 Å². The van der Waals surface area contributed by atoms with E-state index in [0.29, 0.717) is 12.0 Å². The molecule has 5 nitrogen and oxygen atoms in total. The fourth-order valence-electron chi connectivity index (χ4n) is 3.03. The van der Waals surface area contributed by atoms with Crippen molar-refractivity contribution in [2.75, 3.05) is 19.1 Å². The zero-order valence-electron chi connectivity index (χ0n) is 17.4. The molecule has 0 saturated carbocycles. The number of amides is 1. The highest BCUT2D eigenvalue weighted by Gasteiger charge is 2.23. The van der Waals surface area contributed by atoms with Crippen LogP contribution in [0.25, 0.3) is 11.1 Å². The molecule has 2 aromatic carbocycles. The molecule has 1 heterocycles. The standard InChI is InChI=1S/C24H24N2O3S2/c1-29-24(28)21(13-15-30-2)26-23(27)19-12-11-18(31-22-10-6-7-14-25-22)16-20(19)17-8-4-3-5-9-17/h3-12,14,16,21H,13,15H2,1-2H3,(H,26,27)/t21-/m0/s1. The number of hydrogen-bond acceptors (Lipinski definition) is 6. The van der Waals surface area contributed by atoms with Crippen LogP contribution in [0.4, 0.5) is 0 Å². The number of rotatable bonds is 9. The van der Waals surface area contributed by atoms with Gasteiger partial charge in [0, 0.05) is 16.7 Å². The number of hydrogen-bond donors (Lipinski definition) is 1. The molecule has 0 spiro atoms. The Morgan fingerprint density at radius 2 is 1.84 bits per heavy atom. The van der Waals surface area contributed by atoms with Gasteiger partial charge in [-0.3, -0.25) is 4.79 Å². The van der Waals surface area contributed by atoms with E-state index in [-0.39, 0.29) is 5.91 Å². The maximum atomic E-state index is 13.2. The van der Waals surface area contributed by atoms with E-state index < -0.39 is 12.0 Å². The summed E-state index contributed by atoms with van der Waals surface area (Å²) in [5.41, 5.74) is 2.23. The fraction of sp³-hybridized carbons (Fsp3) is 0.208. The van der Waals surface area contributed by atoms with Gasteiger partial charge < -0.3 is 10.1 Å². The maximum absolute atomic E-state index is 13.2. The van der Waals surface area contributed by atoms with E-state index in [4.69, 9.17) is 4.74 Å². The van der Waals surface area contributed by atoms with Gasteiger partial charge in [-0.05, 0) is 59.9 Å². The lowest BCUT2D eigenvalue weighted by molar-refractivity contribution is -0.142. The molecule has 0 aliphatic rings. The van der Waals surface area contributed by atoms with E-state index in [9.17, 15) is 9.59 Å². The molecule has 1 amide bonds. The van der Waals surface area contributed by atoms with Crippen LogP contribution in [-0.2, 0) is 9.53 Å². The summed E-state index contributed by atoms with van der Waals surface area (Å²) >= 11 is 3.15. The number of aromatic nitrogens is 1. The van der Waals surface area contributed by atoms with Gasteiger partial charge >= 0.3 is 5.97 Å². The van der Waals surface area contributed by atoms with Crippen LogP contribution in [0, 0.1) is 0 Å². The molecular formula is C24H24N2O3S2. The van der Waals surface area contributed by atoms with Gasteiger partial charge in [0.25, 0.3) is 5.91 Å². The molecule has 31 heavy (non-hydrogen) atoms. The summed E-state index contributed by atoms with van der Waals surface area (Å²) in [6.45, 7) is 0. The third-order valence-corrected chi connectivity index (χ3v) is 6.17. The number of esters is 1. The number of benzene rings is 2. The summed E-state index contributed by atoms with van der Waals surface area (Å²) in [7, 11) is 1.33. The third kappa shape index (κ3) is 6.35. The molecule has 0 saturated heterocycles. The van der Waals surface area contributed by atoms with E-state index in [1.165, 1.54) is 18.9 Å². The van der Waals surface area contributed by atoms with Crippen molar-refractivity contribution in [3.05, 3.63) is 78.5 Å². The number of thioether (sulfide) groups is 1. The average molecular weight is 453 g/mol. The van der Waals surface area contributed by atoms with Crippen LogP contribution in [0.1, 0.15) is 16.8 Å². The van der Waals surface area contributed by atoms with Gasteiger partial charge in [-0.25, -0.2) is 9.78 Å². The van der Waals surface area contributed by atoms with Crippen LogP contribution in [-0.4, -0.2) is 42.0 Å². The van der Waals surface area contributed by atoms with Crippen molar-refractivity contribution in [2.45, 2.75) is 22.4 Å². The Bertz CT molecular complexity index is 1010. The molecule has 160 valence electrons. The second kappa shape index (κ2) is 11.6. The predicted octanol–water partition coefficient (Wildman–Crippen LogP) is 4.92. The number of pyridine rings is 1. The SMILES string of the molecule is COC(=O)[C@H](CCSC)NC(=O)c1ccc(Sc2ccccn2)cc1-c1ccccc1. The van der Waals surface area contributed by atoms with Crippen LogP contribution in [0.5, 0.6) is 0 Å². The second-order valence-electron chi connectivity index (χ2n) is 6.67. The van der Waals surface area contributed by atoms with Crippen LogP contribution in [0.15, 0.2) is 82.8 Å². The van der Waals surface area contributed by atoms with Gasteiger partial charge in [0.1, 0.15) is 11.1 Å². The van der Waals surface area contributed by atoms with E-state index in [2.05, 4.69) is 10.3 Å². The molecule has 1 atom stereocenters. The average Bonchev–Trinajstić information content (AvgIpc) is 2.82. The molecule has 0 bridgehead atoms. The van der Waals surface area contributed by atoms with Crippen molar-refractivity contribution in [1.82, 2.24) is 10.3 Å². The Morgan fingerprint density at radius 1 is 1.06 bits per heavy atom. The van der Waals surface area contributed by atoms with Crippen molar-refractivity contribution >= 4 is 35.4 Å². The van der Waals surface area contributed by atoms with E-state index in [0.717, 1.165) is 26.8 Å². The molecular weight excluding hydrogens is 428 g/mol. The predicted molar refractivity (Wildman–Crippen MR) is 127 cm³/mol. The minimum Gasteiger partial charge on any atom is -0.467 e. The van der Waals surface area contributed by atoms with Crippen LogP contribution in [0.3, 0.4) is 0 Å². The lowest BCUT2D eigenvalue weighted by atomic mass is 9.99. The van der Waals surface area contributed by atoms with Crippen LogP contribution in [0.2, 0.25) is 0 Å². The van der Waals surface area contributed by atoms with E-state index >= 15 is 0 Å². The molecule has 3 aromatic rings. The minimum atomic E-state index is -0.684. The molecule has 1 N–H and O–H groups in total. The van der Waals surface area contributed by atoms with Crippen molar-refractivity contribution < 1.29 is 14.3 Å². The summed E-state index contributed by atoms with van der Waals surface area (Å²) in [5, 5.41) is 3.73. The first kappa shape index (κ1) is 22.9. The Kier molecular flexibility index (Phi) is 8.55. The van der Waals surface area contributed by atoms with Gasteiger partial charge in [0.2, 0.25) is 0 Å². The first-order valence-corrected chi connectivity index (χ1v) is 12.0. The van der Waals surface area contributed by atoms with Gasteiger partial charge in [-0.15, -0.1) is 0 Å². The summed E-state index contributed by atoms with van der Waals surface area (Å²) in [6.07, 6.45) is 4.22. The molecule has 3 rings (SSSR count). The number of carbonyl (C=O) groups is 2. The lowest BCUT2D eigenvalue weighted by Gasteiger charge is -2.18. The van der Waals surface area contributed by atoms with Gasteiger partial charge in [0.05, 0.1) is 7.11 Å². The Labute approximate surface area is 191 Å². The Balaban J connectivity index is 1.92. The Hall–Kier alpha value is -2.77. The highest BCUT2D eigenvalue weighted by atomic mass is 32.2. The quantitative estimate of drug-likeness (QED) is 0.465. The topological polar surface area (TPSA) is 68.3 Å². The third-order valence-electron chi connectivity index (χ3n) is 4.58. The van der Waals surface area contributed by atoms with Gasteiger partial charge in [-0.1, -0.05) is 48.2 Å². The maximum Gasteiger partial charge on any atom is 0.328 e. The number of ether oxygens (including phenoxy) is 1. The highest BCUT2D eigenvalue weighted by molar-refractivity contribution is 7.99. The largest absolute Gasteiger partial charge is 0.467 e. The van der Waals surface area contributed by atoms with Crippen molar-refractivity contribution in [3.8, 4) is 11.1 Å². The normalized spacial score (nSPS) is 11.5. The molecule has 0 unspecified atom stereocenters. The van der Waals surface area contributed by atoms with Crippen LogP contribution >= 0.6 is 23.5 Å². The van der Waals surface area contributed by atoms with Crippen molar-refractivity contribution in [2.24, 2.45) is 0 Å². The molecule has 0 fully saturated rings. The smallest absolute Gasteiger partial charge is 0.328 e. The Morgan fingerprint density at radius 3 is 2.52 bits per heavy atom. The fourth-order valence-corrected chi connectivity index (χ4v) is 4.32. The zero-order chi connectivity index (χ0) is 22.1. The molecule has 0 aliphatic heterocycles. The molecule has 1 aromatic heterocycles. The van der Waals surface area contributed by atoms with E-state index in [1.54, 1.807) is 24.0 Å². The zero-order valence-corrected chi connectivity index (χ0v) is 19.0. The summed E-state index contributed by atoms with van der Waals surface area (Å²) in [6, 6.07) is 20.5. The number of methoxy groups -OCH3 is 1. The summed E-state index contributed by atoms with van der Waals surface area (Å²) in [4.78, 5) is 30.6. The monoisotopic (exact) mass is 452 g/mol. The highest BCUT2D eigenvalue weighted by Crippen LogP contribution is 2.32. The number of nitrogens with zero attached hydrogens (tertiary/aromatic N) is 1. The van der Waals surface area contributed by atoms with Crippen LogP contribution < -0.4 is 5.32 Å². The second-order valence-corrected chi connectivity index (χ2v) is 8.75. The number of nitrogens with one attached hydrogen (secondary N) is 1. The van der Waals surface area contributed by atoms with Gasteiger partial charge in [-0.2, -0.15) is 11.8 Å². The first-order valence-electron chi connectivity index (χ1n) is 9.78. The first-order chi connectivity index (χ1) is 15.1. The number of carbonyl (C=O) groups excluding carboxylic acids is 2. The summed E-state index contributed by atoms with van der Waals surface area (Å²) in [5.74, 6) is 0.00125.